The van der Waals surface area contributed by atoms with Gasteiger partial charge in [0.25, 0.3) is 0 Å². The van der Waals surface area contributed by atoms with Gasteiger partial charge in [-0.3, -0.25) is 9.69 Å². The van der Waals surface area contributed by atoms with Crippen LogP contribution >= 0.6 is 0 Å². The number of likely N-dealkylation sites (N-methyl/N-ethyl adjacent to an activating group) is 1. The molecular weight excluding hydrogens is 226 g/mol. The first kappa shape index (κ1) is 15.4. The number of carbonyl (C=O) groups is 1. The van der Waals surface area contributed by atoms with E-state index in [1.165, 1.54) is 12.8 Å². The molecule has 0 aromatic carbocycles. The Morgan fingerprint density at radius 1 is 1.44 bits per heavy atom. The third-order valence-electron chi connectivity index (χ3n) is 3.80. The van der Waals surface area contributed by atoms with E-state index >= 15 is 0 Å². The average molecular weight is 255 g/mol. The van der Waals surface area contributed by atoms with Gasteiger partial charge in [0.2, 0.25) is 5.91 Å². The van der Waals surface area contributed by atoms with Crippen LogP contribution in [0.1, 0.15) is 40.0 Å². The van der Waals surface area contributed by atoms with Crippen LogP contribution in [-0.2, 0) is 4.79 Å². The van der Waals surface area contributed by atoms with E-state index in [9.17, 15) is 4.79 Å². The summed E-state index contributed by atoms with van der Waals surface area (Å²) in [5, 5.41) is 3.43. The largest absolute Gasteiger partial charge is 0.342 e. The lowest BCUT2D eigenvalue weighted by Gasteiger charge is -2.35. The van der Waals surface area contributed by atoms with E-state index in [1.807, 2.05) is 11.9 Å². The van der Waals surface area contributed by atoms with Crippen LogP contribution in [0.15, 0.2) is 0 Å². The van der Waals surface area contributed by atoms with E-state index in [0.29, 0.717) is 12.6 Å². The third kappa shape index (κ3) is 4.58. The van der Waals surface area contributed by atoms with E-state index in [0.717, 1.165) is 26.1 Å². The van der Waals surface area contributed by atoms with Crippen LogP contribution < -0.4 is 5.32 Å². The summed E-state index contributed by atoms with van der Waals surface area (Å²) < 4.78 is 0. The highest BCUT2D eigenvalue weighted by atomic mass is 16.2. The van der Waals surface area contributed by atoms with Gasteiger partial charge in [-0.2, -0.15) is 0 Å². The number of hydrogen-bond acceptors (Lipinski definition) is 3. The van der Waals surface area contributed by atoms with Crippen LogP contribution in [0.2, 0.25) is 0 Å². The van der Waals surface area contributed by atoms with Gasteiger partial charge < -0.3 is 10.2 Å². The minimum absolute atomic E-state index is 0.240. The van der Waals surface area contributed by atoms with E-state index in [1.54, 1.807) is 0 Å². The van der Waals surface area contributed by atoms with Gasteiger partial charge in [0.05, 0.1) is 6.54 Å². The second-order valence-corrected chi connectivity index (χ2v) is 5.57. The molecule has 18 heavy (non-hydrogen) atoms. The number of amides is 1. The predicted octanol–water partition coefficient (Wildman–Crippen LogP) is 1.32. The molecular formula is C14H29N3O. The first-order valence-electron chi connectivity index (χ1n) is 7.26. The Morgan fingerprint density at radius 2 is 2.17 bits per heavy atom. The van der Waals surface area contributed by atoms with Crippen LogP contribution in [0, 0.1) is 0 Å². The summed E-state index contributed by atoms with van der Waals surface area (Å²) in [6.07, 6.45) is 3.54. The molecule has 4 heteroatoms. The number of piperidine rings is 1. The molecule has 1 amide bonds. The van der Waals surface area contributed by atoms with Crippen molar-refractivity contribution in [3.63, 3.8) is 0 Å². The Labute approximate surface area is 112 Å². The molecule has 1 heterocycles. The van der Waals surface area contributed by atoms with Crippen molar-refractivity contribution >= 4 is 5.91 Å². The summed E-state index contributed by atoms with van der Waals surface area (Å²) in [5.74, 6) is 0.240. The van der Waals surface area contributed by atoms with E-state index < -0.39 is 0 Å². The highest BCUT2D eigenvalue weighted by molar-refractivity contribution is 5.78. The van der Waals surface area contributed by atoms with E-state index in [4.69, 9.17) is 0 Å². The maximum Gasteiger partial charge on any atom is 0.236 e. The van der Waals surface area contributed by atoms with Gasteiger partial charge in [-0.05, 0) is 46.2 Å². The van der Waals surface area contributed by atoms with Crippen LogP contribution in [0.5, 0.6) is 0 Å². The van der Waals surface area contributed by atoms with Gasteiger partial charge in [-0.1, -0.05) is 6.92 Å². The van der Waals surface area contributed by atoms with E-state index in [-0.39, 0.29) is 11.9 Å². The topological polar surface area (TPSA) is 35.6 Å². The molecule has 106 valence electrons. The van der Waals surface area contributed by atoms with Gasteiger partial charge >= 0.3 is 0 Å². The Balaban J connectivity index is 2.53. The second-order valence-electron chi connectivity index (χ2n) is 5.57. The summed E-state index contributed by atoms with van der Waals surface area (Å²) in [7, 11) is 1.90. The van der Waals surface area contributed by atoms with Crippen molar-refractivity contribution in [2.45, 2.75) is 52.1 Å². The number of carbonyl (C=O) groups excluding carboxylic acids is 1. The molecule has 4 nitrogen and oxygen atoms in total. The summed E-state index contributed by atoms with van der Waals surface area (Å²) in [5.41, 5.74) is 0. The minimum Gasteiger partial charge on any atom is -0.342 e. The molecule has 0 aromatic heterocycles. The highest BCUT2D eigenvalue weighted by Gasteiger charge is 2.23. The zero-order chi connectivity index (χ0) is 13.5. The molecule has 1 atom stereocenters. The molecule has 1 aliphatic rings. The van der Waals surface area contributed by atoms with Crippen LogP contribution in [0.4, 0.5) is 0 Å². The predicted molar refractivity (Wildman–Crippen MR) is 75.7 cm³/mol. The average Bonchev–Trinajstić information content (AvgIpc) is 2.38. The van der Waals surface area contributed by atoms with Crippen LogP contribution in [0.25, 0.3) is 0 Å². The second kappa shape index (κ2) is 7.74. The first-order chi connectivity index (χ1) is 8.56. The van der Waals surface area contributed by atoms with Gasteiger partial charge in [-0.15, -0.1) is 0 Å². The van der Waals surface area contributed by atoms with Crippen LogP contribution in [0.3, 0.4) is 0 Å². The van der Waals surface area contributed by atoms with Gasteiger partial charge in [0.15, 0.2) is 0 Å². The lowest BCUT2D eigenvalue weighted by molar-refractivity contribution is -0.133. The number of nitrogens with one attached hydrogen (secondary N) is 1. The summed E-state index contributed by atoms with van der Waals surface area (Å²) in [6.45, 7) is 10.0. The van der Waals surface area contributed by atoms with Crippen molar-refractivity contribution in [3.8, 4) is 0 Å². The SMILES string of the molecule is CCCN(CC(=O)N(C)C(C)C)C1CCCNC1. The smallest absolute Gasteiger partial charge is 0.236 e. The number of rotatable bonds is 6. The Bertz CT molecular complexity index is 249. The number of nitrogens with zero attached hydrogens (tertiary/aromatic N) is 2. The normalized spacial score (nSPS) is 20.4. The fraction of sp³-hybridized carbons (Fsp3) is 0.929. The fourth-order valence-corrected chi connectivity index (χ4v) is 2.40. The first-order valence-corrected chi connectivity index (χ1v) is 7.26. The molecule has 1 fully saturated rings. The molecule has 1 aliphatic heterocycles. The molecule has 0 aromatic rings. The van der Waals surface area contributed by atoms with Crippen molar-refractivity contribution in [2.24, 2.45) is 0 Å². The molecule has 1 rings (SSSR count). The standard InChI is InChI=1S/C14H29N3O/c1-5-9-17(13-7-6-8-15-10-13)11-14(18)16(4)12(2)3/h12-13,15H,5-11H2,1-4H3. The van der Waals surface area contributed by atoms with Crippen molar-refractivity contribution < 1.29 is 4.79 Å². The maximum absolute atomic E-state index is 12.2. The highest BCUT2D eigenvalue weighted by Crippen LogP contribution is 2.11. The summed E-state index contributed by atoms with van der Waals surface area (Å²) in [4.78, 5) is 16.4. The quantitative estimate of drug-likeness (QED) is 0.777. The van der Waals surface area contributed by atoms with Crippen molar-refractivity contribution in [1.29, 1.82) is 0 Å². The Kier molecular flexibility index (Phi) is 6.65. The lowest BCUT2D eigenvalue weighted by atomic mass is 10.1. The molecule has 0 spiro atoms. The van der Waals surface area contributed by atoms with Crippen molar-refractivity contribution in [3.05, 3.63) is 0 Å². The zero-order valence-corrected chi connectivity index (χ0v) is 12.4. The van der Waals surface area contributed by atoms with E-state index in [2.05, 4.69) is 31.0 Å². The Morgan fingerprint density at radius 3 is 2.67 bits per heavy atom. The minimum atomic E-state index is 0.240. The molecule has 0 bridgehead atoms. The lowest BCUT2D eigenvalue weighted by Crippen LogP contribution is -2.50. The summed E-state index contributed by atoms with van der Waals surface area (Å²) >= 11 is 0. The third-order valence-corrected chi connectivity index (χ3v) is 3.80. The molecule has 0 radical (unpaired) electrons. The van der Waals surface area contributed by atoms with Gasteiger partial charge in [0.1, 0.15) is 0 Å². The molecule has 1 N–H and O–H groups in total. The molecule has 1 unspecified atom stereocenters. The Hall–Kier alpha value is -0.610. The van der Waals surface area contributed by atoms with Crippen molar-refractivity contribution in [1.82, 2.24) is 15.1 Å². The van der Waals surface area contributed by atoms with Gasteiger partial charge in [-0.25, -0.2) is 0 Å². The fourth-order valence-electron chi connectivity index (χ4n) is 2.40. The molecule has 0 aliphatic carbocycles. The van der Waals surface area contributed by atoms with Crippen molar-refractivity contribution in [2.75, 3.05) is 33.2 Å². The molecule has 0 saturated carbocycles. The summed E-state index contributed by atoms with van der Waals surface area (Å²) in [6, 6.07) is 0.814. The van der Waals surface area contributed by atoms with Crippen LogP contribution in [-0.4, -0.2) is 61.0 Å². The molecule has 1 saturated heterocycles. The monoisotopic (exact) mass is 255 g/mol. The number of hydrogen-bond donors (Lipinski definition) is 1. The van der Waals surface area contributed by atoms with Gasteiger partial charge in [0, 0.05) is 25.7 Å². The maximum atomic E-state index is 12.2. The zero-order valence-electron chi connectivity index (χ0n) is 12.4.